The van der Waals surface area contributed by atoms with Crippen molar-refractivity contribution in [1.82, 2.24) is 36.2 Å². The first-order chi connectivity index (χ1) is 47.5. The summed E-state index contributed by atoms with van der Waals surface area (Å²) >= 11 is 12.9. The summed E-state index contributed by atoms with van der Waals surface area (Å²) < 4.78 is 90.7. The van der Waals surface area contributed by atoms with Crippen molar-refractivity contribution in [1.29, 1.82) is 0 Å². The van der Waals surface area contributed by atoms with Crippen molar-refractivity contribution < 1.29 is 43.8 Å². The van der Waals surface area contributed by atoms with Gasteiger partial charge in [-0.15, -0.1) is 0 Å². The second-order valence-electron chi connectivity index (χ2n) is 31.1. The van der Waals surface area contributed by atoms with E-state index in [2.05, 4.69) is 98.4 Å². The summed E-state index contributed by atoms with van der Waals surface area (Å²) in [6, 6.07) is 0. The van der Waals surface area contributed by atoms with Gasteiger partial charge in [-0.05, 0) is 187 Å². The van der Waals surface area contributed by atoms with Gasteiger partial charge in [-0.3, -0.25) is 14.4 Å². The third kappa shape index (κ3) is 15.4. The summed E-state index contributed by atoms with van der Waals surface area (Å²) in [6.45, 7) is 36.3. The van der Waals surface area contributed by atoms with Crippen LogP contribution in [0.5, 0.6) is 0 Å². The molecule has 0 aromatic carbocycles. The van der Waals surface area contributed by atoms with E-state index in [1.807, 2.05) is 134 Å². The third-order valence-electron chi connectivity index (χ3n) is 21.0. The number of amides is 3. The monoisotopic (exact) mass is 1650 g/mol. The molecule has 8 aromatic rings. The molecule has 0 saturated heterocycles. The van der Waals surface area contributed by atoms with Gasteiger partial charge >= 0.3 is 0 Å². The van der Waals surface area contributed by atoms with Gasteiger partial charge in [-0.2, -0.15) is 99.3 Å². The lowest BCUT2D eigenvalue weighted by atomic mass is 9.80. The minimum atomic E-state index is -3.20. The number of rotatable bonds is 0. The van der Waals surface area contributed by atoms with Crippen molar-refractivity contribution in [3.63, 3.8) is 0 Å². The van der Waals surface area contributed by atoms with Crippen molar-refractivity contribution in [2.45, 2.75) is 187 Å². The quantitative estimate of drug-likeness (QED) is 0.141. The topological polar surface area (TPSA) is 197 Å². The Hall–Kier alpha value is -3.84. The van der Waals surface area contributed by atoms with E-state index in [0.717, 1.165) is 63.8 Å². The van der Waals surface area contributed by atoms with Gasteiger partial charge in [-0.25, -0.2) is 42.4 Å². The molecule has 3 unspecified atom stereocenters. The molecule has 0 radical (unpaired) electrons. The van der Waals surface area contributed by atoms with E-state index in [-0.39, 0.29) is 49.8 Å². The van der Waals surface area contributed by atoms with Crippen molar-refractivity contribution in [3.8, 4) is 0 Å². The maximum atomic E-state index is 12.0. The lowest BCUT2D eigenvalue weighted by Crippen LogP contribution is -2.45. The average Bonchev–Trinajstić information content (AvgIpc) is 1.66. The Kier molecular flexibility index (Phi) is 24.4. The smallest absolute Gasteiger partial charge is 0.255 e. The Labute approximate surface area is 650 Å². The molecule has 0 aliphatic carbocycles. The fourth-order valence-electron chi connectivity index (χ4n) is 13.7. The Balaban J connectivity index is 0.000000137. The number of fused-ring (bicyclic) bond motifs is 8. The summed E-state index contributed by atoms with van der Waals surface area (Å²) in [5.41, 5.74) is 14.1. The molecule has 8 aromatic heterocycles. The highest BCUT2D eigenvalue weighted by molar-refractivity contribution is 7.90. The second-order valence-corrected chi connectivity index (χ2v) is 46.8. The molecule has 16 heterocycles. The summed E-state index contributed by atoms with van der Waals surface area (Å²) in [7, 11) is 5.43. The van der Waals surface area contributed by atoms with Crippen LogP contribution in [0.25, 0.3) is 0 Å². The second kappa shape index (κ2) is 30.2. The molecule has 103 heavy (non-hydrogen) atoms. The van der Waals surface area contributed by atoms with Gasteiger partial charge in [0, 0.05) is 144 Å². The van der Waals surface area contributed by atoms with E-state index in [0.29, 0.717) is 11.4 Å². The summed E-state index contributed by atoms with van der Waals surface area (Å²) in [4.78, 5) is 43.0. The van der Waals surface area contributed by atoms with E-state index >= 15 is 0 Å². The third-order valence-corrected chi connectivity index (χ3v) is 36.9. The highest BCUT2D eigenvalue weighted by Crippen LogP contribution is 2.47. The van der Waals surface area contributed by atoms with Crippen LogP contribution in [0.1, 0.15) is 193 Å². The summed E-state index contributed by atoms with van der Waals surface area (Å²) in [6.07, 6.45) is 0. The van der Waals surface area contributed by atoms with E-state index in [1.165, 1.54) is 64.5 Å². The molecule has 0 bridgehead atoms. The molecule has 564 valence electrons. The van der Waals surface area contributed by atoms with E-state index in [1.54, 1.807) is 127 Å². The van der Waals surface area contributed by atoms with Crippen LogP contribution in [0.2, 0.25) is 0 Å². The van der Waals surface area contributed by atoms with Crippen LogP contribution in [-0.2, 0) is 120 Å². The lowest BCUT2D eigenvalue weighted by Gasteiger charge is -2.35. The van der Waals surface area contributed by atoms with Gasteiger partial charge < -0.3 is 14.7 Å². The largest absolute Gasteiger partial charge is 0.341 e. The Morgan fingerprint density at radius 3 is 1.41 bits per heavy atom. The molecule has 3 atom stereocenters. The molecule has 3 amide bonds. The van der Waals surface area contributed by atoms with Crippen LogP contribution < -0.4 is 0 Å². The van der Waals surface area contributed by atoms with Crippen molar-refractivity contribution >= 4 is 161 Å². The zero-order chi connectivity index (χ0) is 76.8. The molecule has 8 aliphatic heterocycles. The predicted octanol–water partition coefficient (Wildman–Crippen LogP) is 15.6. The van der Waals surface area contributed by atoms with E-state index in [9.17, 15) is 43.8 Å². The SMILES string of the molecule is CN1C(=O)c2cscc2C1(C)C.CN1C(C)(C)c2cscc2S1(=O)=O.CN1CC(C)(C)c2cscc2C1=O.CN1CC(C)(C)c2cscc2S1=O.CN1Cc2cscc2C(C)(C)C1=O.CN1Cc2cscc2C(C)(C)S1(=O)=O.CN1Cc2cscc2C(C)(C)S1=O.CN1S(=O)c2cscc2C1(C)C. The number of hydrogen-bond acceptors (Lipinski definition) is 18. The number of carbonyl (C=O) groups excluding carboxylic acids is 3. The van der Waals surface area contributed by atoms with Crippen molar-refractivity contribution in [2.24, 2.45) is 0 Å². The molecule has 18 nitrogen and oxygen atoms in total. The minimum absolute atomic E-state index is 0.0693. The standard InChI is InChI=1S/2C10H13NOS.C9H13NO2S2.2C9H13NOS2.C9H11NOS.C8H11NO2S2.C8H11NOS2/c1-10(2)6-11(3)9(12)7-4-13-5-8(7)10;1-10(2)8-6-13-5-7(8)4-11(3)9(10)12;1-9(2)8-6-13-5-7(8)4-10(3)14(9,11)12;1-9(2)6-10(3)13(11)8-5-12-4-7(8)9;1-9(2)8-6-12-5-7(8)4-10(3)13(9)11;1-9(2)7-5-12-4-6(7)8(11)10(9)3;1-8(2)6-4-12-5-7(6)13(10,11)9(8)3;1-8(2)6-4-11-5-7(6)12(10)9(8)3/h4-5H,6H2,1-3H3;5-6H,4H2,1-3H3;5-6H,4H2,1-3H3;4-5H,6H2,1-3H3;5-6H,4H2,1-3H3;4-5H,1-3H3;4-5H,1-3H3;4-5H,1-3H3. The number of carbonyl (C=O) groups is 3. The summed E-state index contributed by atoms with van der Waals surface area (Å²) in [5, 5.41) is 32.4. The van der Waals surface area contributed by atoms with E-state index in [4.69, 9.17) is 0 Å². The highest BCUT2D eigenvalue weighted by atomic mass is 32.2. The van der Waals surface area contributed by atoms with Crippen molar-refractivity contribution in [3.05, 3.63) is 158 Å². The molecular formula is C72H98N8O10S13. The number of hydrogen-bond donors (Lipinski definition) is 0. The van der Waals surface area contributed by atoms with Crippen LogP contribution in [-0.4, -0.2) is 153 Å². The number of nitrogens with zero attached hydrogens (tertiary/aromatic N) is 8. The average molecular weight is 1650 g/mol. The van der Waals surface area contributed by atoms with Gasteiger partial charge in [-0.1, -0.05) is 27.7 Å². The Morgan fingerprint density at radius 2 is 0.845 bits per heavy atom. The molecule has 0 saturated carbocycles. The first-order valence-corrected chi connectivity index (χ1v) is 46.9. The molecule has 0 N–H and O–H groups in total. The van der Waals surface area contributed by atoms with Gasteiger partial charge in [0.05, 0.1) is 52.6 Å². The van der Waals surface area contributed by atoms with Crippen LogP contribution in [0.4, 0.5) is 0 Å². The highest BCUT2D eigenvalue weighted by Gasteiger charge is 2.49. The van der Waals surface area contributed by atoms with Gasteiger partial charge in [0.1, 0.15) is 37.7 Å². The predicted molar refractivity (Wildman–Crippen MR) is 432 cm³/mol. The van der Waals surface area contributed by atoms with Crippen LogP contribution >= 0.6 is 90.7 Å². The van der Waals surface area contributed by atoms with Gasteiger partial charge in [0.2, 0.25) is 26.0 Å². The van der Waals surface area contributed by atoms with Gasteiger partial charge in [0.15, 0.2) is 0 Å². The Morgan fingerprint density at radius 1 is 0.398 bits per heavy atom. The number of sulfonamides is 2. The maximum absolute atomic E-state index is 12.0. The maximum Gasteiger partial charge on any atom is 0.255 e. The lowest BCUT2D eigenvalue weighted by molar-refractivity contribution is -0.136. The minimum Gasteiger partial charge on any atom is -0.341 e. The zero-order valence-electron chi connectivity index (χ0n) is 63.2. The number of likely N-dealkylation sites (N-methyl/N-ethyl adjacent to an activating group) is 3. The van der Waals surface area contributed by atoms with E-state index < -0.39 is 63.3 Å². The molecule has 8 aliphatic rings. The first-order valence-electron chi connectivity index (χ1n) is 33.1. The first kappa shape index (κ1) is 83.2. The number of thiophene rings is 8. The molecular weight excluding hydrogens is 1550 g/mol. The normalized spacial score (nSPS) is 23.9. The fourth-order valence-corrected chi connectivity index (χ4v) is 30.6. The zero-order valence-corrected chi connectivity index (χ0v) is 73.9. The molecule has 31 heteroatoms. The Bertz CT molecular complexity index is 4570. The fraction of sp³-hybridized carbons (Fsp3) is 0.514. The molecule has 0 fully saturated rings. The molecule has 0 spiro atoms. The van der Waals surface area contributed by atoms with Crippen molar-refractivity contribution in [2.75, 3.05) is 69.5 Å². The van der Waals surface area contributed by atoms with Crippen LogP contribution in [0.3, 0.4) is 0 Å². The van der Waals surface area contributed by atoms with Crippen LogP contribution in [0.15, 0.2) is 101 Å². The summed E-state index contributed by atoms with van der Waals surface area (Å²) in [5.74, 6) is 0.533. The molecule has 16 rings (SSSR count). The van der Waals surface area contributed by atoms with Crippen LogP contribution in [0, 0.1) is 0 Å². The van der Waals surface area contributed by atoms with Gasteiger partial charge in [0.25, 0.3) is 11.8 Å².